The molecule has 94 valence electrons. The lowest BCUT2D eigenvalue weighted by atomic mass is 10.0. The monoisotopic (exact) mass is 263 g/mol. The Morgan fingerprint density at radius 1 is 1.11 bits per heavy atom. The summed E-state index contributed by atoms with van der Waals surface area (Å²) >= 11 is 6.10. The van der Waals surface area contributed by atoms with Gasteiger partial charge in [-0.3, -0.25) is 0 Å². The van der Waals surface area contributed by atoms with Gasteiger partial charge < -0.3 is 5.32 Å². The second kappa shape index (κ2) is 5.51. The number of hydrogen-bond acceptors (Lipinski definition) is 1. The summed E-state index contributed by atoms with van der Waals surface area (Å²) in [7, 11) is 1.87. The fraction of sp³-hybridized carbons (Fsp3) is 0.200. The molecule has 0 amide bonds. The first-order valence-corrected chi connectivity index (χ1v) is 6.19. The lowest BCUT2D eigenvalue weighted by Crippen LogP contribution is -2.05. The van der Waals surface area contributed by atoms with E-state index in [0.717, 1.165) is 21.7 Å². The van der Waals surface area contributed by atoms with Gasteiger partial charge in [-0.05, 0) is 54.4 Å². The highest BCUT2D eigenvalue weighted by atomic mass is 35.5. The molecular formula is C15H15ClFN. The molecule has 0 bridgehead atoms. The Kier molecular flexibility index (Phi) is 4.00. The van der Waals surface area contributed by atoms with Crippen molar-refractivity contribution >= 4 is 11.6 Å². The van der Waals surface area contributed by atoms with E-state index in [1.54, 1.807) is 19.1 Å². The smallest absolute Gasteiger partial charge is 0.126 e. The van der Waals surface area contributed by atoms with Crippen LogP contribution in [0.1, 0.15) is 11.1 Å². The van der Waals surface area contributed by atoms with Crippen LogP contribution < -0.4 is 5.32 Å². The van der Waals surface area contributed by atoms with Crippen molar-refractivity contribution in [3.05, 3.63) is 58.4 Å². The number of benzene rings is 2. The Hall–Kier alpha value is -1.38. The van der Waals surface area contributed by atoms with Gasteiger partial charge in [0.15, 0.2) is 0 Å². The van der Waals surface area contributed by atoms with Crippen LogP contribution in [0.25, 0.3) is 11.1 Å². The van der Waals surface area contributed by atoms with Crippen molar-refractivity contribution in [2.45, 2.75) is 13.5 Å². The van der Waals surface area contributed by atoms with Crippen LogP contribution in [0.4, 0.5) is 4.39 Å². The molecule has 2 rings (SSSR count). The highest BCUT2D eigenvalue weighted by Crippen LogP contribution is 2.26. The summed E-state index contributed by atoms with van der Waals surface area (Å²) in [5.74, 6) is -0.183. The van der Waals surface area contributed by atoms with Gasteiger partial charge in [0, 0.05) is 11.6 Å². The maximum atomic E-state index is 13.6. The second-order valence-electron chi connectivity index (χ2n) is 4.30. The highest BCUT2D eigenvalue weighted by molar-refractivity contribution is 6.31. The lowest BCUT2D eigenvalue weighted by molar-refractivity contribution is 0.619. The van der Waals surface area contributed by atoms with Gasteiger partial charge in [-0.25, -0.2) is 4.39 Å². The van der Waals surface area contributed by atoms with Crippen molar-refractivity contribution in [2.75, 3.05) is 7.05 Å². The molecule has 0 aliphatic heterocycles. The van der Waals surface area contributed by atoms with Gasteiger partial charge >= 0.3 is 0 Å². The minimum absolute atomic E-state index is 0.183. The van der Waals surface area contributed by atoms with Crippen molar-refractivity contribution in [1.29, 1.82) is 0 Å². The fourth-order valence-electron chi connectivity index (χ4n) is 1.85. The first-order valence-electron chi connectivity index (χ1n) is 5.81. The van der Waals surface area contributed by atoms with E-state index in [2.05, 4.69) is 5.32 Å². The van der Waals surface area contributed by atoms with Crippen molar-refractivity contribution in [2.24, 2.45) is 0 Å². The standard InChI is InChI=1S/C15H15ClFN/c1-10-3-4-12(8-15(10)17)11-5-6-14(16)13(7-11)9-18-2/h3-8,18H,9H2,1-2H3. The van der Waals surface area contributed by atoms with Crippen LogP contribution in [0.2, 0.25) is 5.02 Å². The van der Waals surface area contributed by atoms with Crippen LogP contribution in [0, 0.1) is 12.7 Å². The molecule has 0 saturated carbocycles. The lowest BCUT2D eigenvalue weighted by Gasteiger charge is -2.08. The summed E-state index contributed by atoms with van der Waals surface area (Å²) in [6.07, 6.45) is 0. The zero-order valence-corrected chi connectivity index (χ0v) is 11.2. The number of hydrogen-bond donors (Lipinski definition) is 1. The van der Waals surface area contributed by atoms with Crippen LogP contribution in [-0.4, -0.2) is 7.05 Å². The van der Waals surface area contributed by atoms with Gasteiger partial charge in [0.1, 0.15) is 5.82 Å². The van der Waals surface area contributed by atoms with Crippen LogP contribution in [0.15, 0.2) is 36.4 Å². The Labute approximate surface area is 112 Å². The van der Waals surface area contributed by atoms with Crippen molar-refractivity contribution in [3.8, 4) is 11.1 Å². The first kappa shape index (κ1) is 13.1. The maximum absolute atomic E-state index is 13.6. The van der Waals surface area contributed by atoms with Crippen LogP contribution in [0.3, 0.4) is 0 Å². The minimum atomic E-state index is -0.183. The van der Waals surface area contributed by atoms with E-state index in [1.165, 1.54) is 0 Å². The Morgan fingerprint density at radius 3 is 2.44 bits per heavy atom. The Bertz CT molecular complexity index is 566. The maximum Gasteiger partial charge on any atom is 0.126 e. The van der Waals surface area contributed by atoms with Gasteiger partial charge in [-0.15, -0.1) is 0 Å². The predicted octanol–water partition coefficient (Wildman–Crippen LogP) is 4.17. The van der Waals surface area contributed by atoms with E-state index in [1.807, 2.05) is 31.3 Å². The molecule has 0 aliphatic carbocycles. The topological polar surface area (TPSA) is 12.0 Å². The van der Waals surface area contributed by atoms with E-state index in [0.29, 0.717) is 12.1 Å². The average Bonchev–Trinajstić information content (AvgIpc) is 2.36. The van der Waals surface area contributed by atoms with Gasteiger partial charge in [0.2, 0.25) is 0 Å². The quantitative estimate of drug-likeness (QED) is 0.876. The van der Waals surface area contributed by atoms with Crippen molar-refractivity contribution in [3.63, 3.8) is 0 Å². The summed E-state index contributed by atoms with van der Waals surface area (Å²) in [5.41, 5.74) is 3.51. The van der Waals surface area contributed by atoms with Crippen LogP contribution in [0.5, 0.6) is 0 Å². The van der Waals surface area contributed by atoms with E-state index < -0.39 is 0 Å². The molecular weight excluding hydrogens is 249 g/mol. The number of halogens is 2. The van der Waals surface area contributed by atoms with E-state index >= 15 is 0 Å². The zero-order chi connectivity index (χ0) is 13.1. The molecule has 1 nitrogen and oxygen atoms in total. The van der Waals surface area contributed by atoms with Gasteiger partial charge in [0.25, 0.3) is 0 Å². The molecule has 1 N–H and O–H groups in total. The van der Waals surface area contributed by atoms with Crippen LogP contribution in [-0.2, 0) is 6.54 Å². The summed E-state index contributed by atoms with van der Waals surface area (Å²) < 4.78 is 13.6. The molecule has 0 aliphatic rings. The fourth-order valence-corrected chi connectivity index (χ4v) is 2.04. The Balaban J connectivity index is 2.44. The van der Waals surface area contributed by atoms with Gasteiger partial charge in [-0.2, -0.15) is 0 Å². The van der Waals surface area contributed by atoms with E-state index in [4.69, 9.17) is 11.6 Å². The highest BCUT2D eigenvalue weighted by Gasteiger charge is 2.05. The van der Waals surface area contributed by atoms with E-state index in [9.17, 15) is 4.39 Å². The SMILES string of the molecule is CNCc1cc(-c2ccc(C)c(F)c2)ccc1Cl. The largest absolute Gasteiger partial charge is 0.316 e. The number of aryl methyl sites for hydroxylation is 1. The normalized spacial score (nSPS) is 10.7. The third-order valence-corrected chi connectivity index (χ3v) is 3.29. The van der Waals surface area contributed by atoms with Crippen molar-refractivity contribution in [1.82, 2.24) is 5.32 Å². The summed E-state index contributed by atoms with van der Waals surface area (Å²) in [4.78, 5) is 0. The molecule has 0 heterocycles. The Morgan fingerprint density at radius 2 is 1.78 bits per heavy atom. The molecule has 0 saturated heterocycles. The molecule has 0 spiro atoms. The molecule has 0 fully saturated rings. The van der Waals surface area contributed by atoms with E-state index in [-0.39, 0.29) is 5.82 Å². The van der Waals surface area contributed by atoms with Gasteiger partial charge in [-0.1, -0.05) is 29.8 Å². The summed E-state index contributed by atoms with van der Waals surface area (Å²) in [5, 5.41) is 3.79. The third kappa shape index (κ3) is 2.71. The molecule has 18 heavy (non-hydrogen) atoms. The second-order valence-corrected chi connectivity index (χ2v) is 4.71. The third-order valence-electron chi connectivity index (χ3n) is 2.92. The number of nitrogens with one attached hydrogen (secondary N) is 1. The first-order chi connectivity index (χ1) is 8.61. The minimum Gasteiger partial charge on any atom is -0.316 e. The van der Waals surface area contributed by atoms with Gasteiger partial charge in [0.05, 0.1) is 0 Å². The molecule has 0 aromatic heterocycles. The van der Waals surface area contributed by atoms with Crippen molar-refractivity contribution < 1.29 is 4.39 Å². The molecule has 0 atom stereocenters. The molecule has 2 aromatic carbocycles. The molecule has 2 aromatic rings. The predicted molar refractivity (Wildman–Crippen MR) is 74.3 cm³/mol. The zero-order valence-electron chi connectivity index (χ0n) is 10.4. The molecule has 0 unspecified atom stereocenters. The average molecular weight is 264 g/mol. The number of rotatable bonds is 3. The van der Waals surface area contributed by atoms with Crippen LogP contribution >= 0.6 is 11.6 Å². The summed E-state index contributed by atoms with van der Waals surface area (Å²) in [6, 6.07) is 11.0. The summed E-state index contributed by atoms with van der Waals surface area (Å²) in [6.45, 7) is 2.45. The molecule has 3 heteroatoms. The molecule has 0 radical (unpaired) electrons.